The summed E-state index contributed by atoms with van der Waals surface area (Å²) in [5.41, 5.74) is 0. The van der Waals surface area contributed by atoms with Crippen molar-refractivity contribution in [1.29, 1.82) is 0 Å². The van der Waals surface area contributed by atoms with E-state index >= 15 is 0 Å². The SMILES string of the molecule is CCCCCC(F)/C=C/C=O. The fourth-order valence-corrected chi connectivity index (χ4v) is 0.851. The second kappa shape index (κ2) is 7.45. The zero-order valence-corrected chi connectivity index (χ0v) is 6.92. The van der Waals surface area contributed by atoms with E-state index in [1.54, 1.807) is 0 Å². The van der Waals surface area contributed by atoms with Crippen LogP contribution in [0.15, 0.2) is 12.2 Å². The lowest BCUT2D eigenvalue weighted by Crippen LogP contribution is -1.94. The normalized spacial score (nSPS) is 13.6. The Labute approximate surface area is 67.3 Å². The molecule has 0 aromatic heterocycles. The Kier molecular flexibility index (Phi) is 7.00. The fourth-order valence-electron chi connectivity index (χ4n) is 0.851. The highest BCUT2D eigenvalue weighted by Gasteiger charge is 1.98. The first-order valence-electron chi connectivity index (χ1n) is 4.07. The molecule has 0 fully saturated rings. The summed E-state index contributed by atoms with van der Waals surface area (Å²) in [6, 6.07) is 0. The molecule has 0 rings (SSSR count). The average Bonchev–Trinajstić information content (AvgIpc) is 2.01. The van der Waals surface area contributed by atoms with Gasteiger partial charge in [-0.25, -0.2) is 4.39 Å². The number of unbranched alkanes of at least 4 members (excludes halogenated alkanes) is 2. The number of alkyl halides is 1. The number of hydrogen-bond acceptors (Lipinski definition) is 1. The minimum atomic E-state index is -0.938. The summed E-state index contributed by atoms with van der Waals surface area (Å²) in [6.45, 7) is 2.08. The standard InChI is InChI=1S/C9H15FO/c1-2-3-4-6-9(10)7-5-8-11/h5,7-9H,2-4,6H2,1H3/b7-5+. The lowest BCUT2D eigenvalue weighted by Gasteiger charge is -1.99. The van der Waals surface area contributed by atoms with Crippen LogP contribution in [0.5, 0.6) is 0 Å². The Hall–Kier alpha value is -0.660. The maximum atomic E-state index is 12.7. The number of hydrogen-bond donors (Lipinski definition) is 0. The molecule has 0 saturated carbocycles. The highest BCUT2D eigenvalue weighted by Crippen LogP contribution is 2.06. The van der Waals surface area contributed by atoms with E-state index in [2.05, 4.69) is 6.92 Å². The van der Waals surface area contributed by atoms with E-state index in [0.717, 1.165) is 19.3 Å². The second-order valence-corrected chi connectivity index (χ2v) is 2.53. The molecule has 0 aliphatic heterocycles. The molecule has 11 heavy (non-hydrogen) atoms. The van der Waals surface area contributed by atoms with E-state index in [9.17, 15) is 9.18 Å². The van der Waals surface area contributed by atoms with Crippen LogP contribution in [0.3, 0.4) is 0 Å². The zero-order chi connectivity index (χ0) is 8.53. The molecule has 0 heterocycles. The van der Waals surface area contributed by atoms with Gasteiger partial charge in [-0.3, -0.25) is 4.79 Å². The molecular weight excluding hydrogens is 143 g/mol. The summed E-state index contributed by atoms with van der Waals surface area (Å²) in [6.07, 6.45) is 5.80. The Morgan fingerprint density at radius 1 is 1.45 bits per heavy atom. The molecule has 0 amide bonds. The Balaban J connectivity index is 3.28. The van der Waals surface area contributed by atoms with Crippen molar-refractivity contribution in [2.45, 2.75) is 38.8 Å². The van der Waals surface area contributed by atoms with Crippen molar-refractivity contribution >= 4 is 6.29 Å². The van der Waals surface area contributed by atoms with Crippen molar-refractivity contribution in [2.75, 3.05) is 0 Å². The van der Waals surface area contributed by atoms with E-state index in [1.165, 1.54) is 12.2 Å². The third-order valence-electron chi connectivity index (χ3n) is 1.48. The molecule has 1 unspecified atom stereocenters. The van der Waals surface area contributed by atoms with Gasteiger partial charge in [0.1, 0.15) is 12.5 Å². The van der Waals surface area contributed by atoms with Gasteiger partial charge in [-0.05, 0) is 18.6 Å². The first kappa shape index (κ1) is 10.3. The molecule has 64 valence electrons. The molecule has 0 aromatic rings. The molecule has 0 aliphatic rings. The lowest BCUT2D eigenvalue weighted by atomic mass is 10.1. The van der Waals surface area contributed by atoms with Gasteiger partial charge < -0.3 is 0 Å². The van der Waals surface area contributed by atoms with Gasteiger partial charge in [0, 0.05) is 0 Å². The largest absolute Gasteiger partial charge is 0.299 e. The summed E-state index contributed by atoms with van der Waals surface area (Å²) in [5.74, 6) is 0. The molecule has 0 saturated heterocycles. The predicted octanol–water partition coefficient (Wildman–Crippen LogP) is 2.66. The average molecular weight is 158 g/mol. The highest BCUT2D eigenvalue weighted by molar-refractivity contribution is 5.64. The van der Waals surface area contributed by atoms with Gasteiger partial charge in [0.05, 0.1) is 0 Å². The van der Waals surface area contributed by atoms with Crippen molar-refractivity contribution in [3.05, 3.63) is 12.2 Å². The van der Waals surface area contributed by atoms with E-state index in [4.69, 9.17) is 0 Å². The summed E-state index contributed by atoms with van der Waals surface area (Å²) in [4.78, 5) is 9.79. The number of rotatable bonds is 6. The van der Waals surface area contributed by atoms with Crippen LogP contribution in [-0.2, 0) is 4.79 Å². The second-order valence-electron chi connectivity index (χ2n) is 2.53. The van der Waals surface area contributed by atoms with E-state index in [-0.39, 0.29) is 0 Å². The van der Waals surface area contributed by atoms with Crippen molar-refractivity contribution in [3.8, 4) is 0 Å². The number of aldehydes is 1. The number of halogens is 1. The monoisotopic (exact) mass is 158 g/mol. The topological polar surface area (TPSA) is 17.1 Å². The van der Waals surface area contributed by atoms with E-state index in [0.29, 0.717) is 12.7 Å². The molecule has 1 atom stereocenters. The quantitative estimate of drug-likeness (QED) is 0.330. The number of carbonyl (C=O) groups excluding carboxylic acids is 1. The lowest BCUT2D eigenvalue weighted by molar-refractivity contribution is -0.104. The Morgan fingerprint density at radius 3 is 2.73 bits per heavy atom. The molecule has 1 nitrogen and oxygen atoms in total. The summed E-state index contributed by atoms with van der Waals surface area (Å²) in [7, 11) is 0. The summed E-state index contributed by atoms with van der Waals surface area (Å²) < 4.78 is 12.7. The van der Waals surface area contributed by atoms with Crippen molar-refractivity contribution in [1.82, 2.24) is 0 Å². The van der Waals surface area contributed by atoms with E-state index in [1.807, 2.05) is 0 Å². The maximum absolute atomic E-state index is 12.7. The smallest absolute Gasteiger partial charge is 0.142 e. The van der Waals surface area contributed by atoms with Crippen LogP contribution in [0.2, 0.25) is 0 Å². The van der Waals surface area contributed by atoms with Crippen molar-refractivity contribution in [2.24, 2.45) is 0 Å². The minimum absolute atomic E-state index is 0.540. The third kappa shape index (κ3) is 7.23. The van der Waals surface area contributed by atoms with Gasteiger partial charge in [0.2, 0.25) is 0 Å². The van der Waals surface area contributed by atoms with Gasteiger partial charge in [0.15, 0.2) is 0 Å². The van der Waals surface area contributed by atoms with Gasteiger partial charge in [-0.1, -0.05) is 26.2 Å². The van der Waals surface area contributed by atoms with Crippen molar-refractivity contribution < 1.29 is 9.18 Å². The van der Waals surface area contributed by atoms with Crippen LogP contribution in [0.25, 0.3) is 0 Å². The molecule has 0 N–H and O–H groups in total. The Bertz CT molecular complexity index is 121. The zero-order valence-electron chi connectivity index (χ0n) is 6.92. The van der Waals surface area contributed by atoms with Gasteiger partial charge in [0.25, 0.3) is 0 Å². The number of carbonyl (C=O) groups is 1. The minimum Gasteiger partial charge on any atom is -0.299 e. The predicted molar refractivity (Wildman–Crippen MR) is 44.2 cm³/mol. The summed E-state index contributed by atoms with van der Waals surface area (Å²) in [5, 5.41) is 0. The Morgan fingerprint density at radius 2 is 2.18 bits per heavy atom. The molecular formula is C9H15FO. The first-order valence-corrected chi connectivity index (χ1v) is 4.07. The van der Waals surface area contributed by atoms with Crippen LogP contribution in [0.1, 0.15) is 32.6 Å². The van der Waals surface area contributed by atoms with Crippen molar-refractivity contribution in [3.63, 3.8) is 0 Å². The van der Waals surface area contributed by atoms with Gasteiger partial charge in [-0.2, -0.15) is 0 Å². The first-order chi connectivity index (χ1) is 5.31. The molecule has 0 radical (unpaired) electrons. The molecule has 2 heteroatoms. The van der Waals surface area contributed by atoms with Crippen LogP contribution in [0.4, 0.5) is 4.39 Å². The molecule has 0 aromatic carbocycles. The van der Waals surface area contributed by atoms with Crippen LogP contribution in [0, 0.1) is 0 Å². The summed E-state index contributed by atoms with van der Waals surface area (Å²) >= 11 is 0. The van der Waals surface area contributed by atoms with Gasteiger partial charge >= 0.3 is 0 Å². The van der Waals surface area contributed by atoms with Crippen LogP contribution in [-0.4, -0.2) is 12.5 Å². The van der Waals surface area contributed by atoms with Crippen LogP contribution >= 0.6 is 0 Å². The third-order valence-corrected chi connectivity index (χ3v) is 1.48. The van der Waals surface area contributed by atoms with Gasteiger partial charge in [-0.15, -0.1) is 0 Å². The van der Waals surface area contributed by atoms with Crippen LogP contribution < -0.4 is 0 Å². The highest BCUT2D eigenvalue weighted by atomic mass is 19.1. The number of allylic oxidation sites excluding steroid dienone is 2. The maximum Gasteiger partial charge on any atom is 0.142 e. The molecule has 0 aliphatic carbocycles. The molecule has 0 spiro atoms. The van der Waals surface area contributed by atoms with E-state index < -0.39 is 6.17 Å². The molecule has 0 bridgehead atoms. The fraction of sp³-hybridized carbons (Fsp3) is 0.667.